The van der Waals surface area contributed by atoms with Crippen molar-refractivity contribution < 1.29 is 38.8 Å². The number of methoxy groups -OCH3 is 1. The lowest BCUT2D eigenvalue weighted by Crippen LogP contribution is -2.52. The summed E-state index contributed by atoms with van der Waals surface area (Å²) in [5.74, 6) is 0.833. The van der Waals surface area contributed by atoms with Crippen LogP contribution in [0.25, 0.3) is 0 Å². The van der Waals surface area contributed by atoms with Gasteiger partial charge in [0.05, 0.1) is 70.9 Å². The summed E-state index contributed by atoms with van der Waals surface area (Å²) in [5.41, 5.74) is 5.54. The molecule has 0 bridgehead atoms. The van der Waals surface area contributed by atoms with Crippen molar-refractivity contribution in [1.82, 2.24) is 10.2 Å². The lowest BCUT2D eigenvalue weighted by Gasteiger charge is -2.39. The third-order valence-corrected chi connectivity index (χ3v) is 20.0. The van der Waals surface area contributed by atoms with Crippen molar-refractivity contribution in [2.24, 2.45) is 5.92 Å². The summed E-state index contributed by atoms with van der Waals surface area (Å²) in [6.45, 7) is 10.4. The van der Waals surface area contributed by atoms with Crippen LogP contribution in [0.15, 0.2) is 114 Å². The highest BCUT2D eigenvalue weighted by Gasteiger charge is 2.66. The van der Waals surface area contributed by atoms with E-state index in [0.717, 1.165) is 61.6 Å². The smallest absolute Gasteiger partial charge is 0.264 e. The number of ether oxygens (including phenoxy) is 3. The first kappa shape index (κ1) is 48.7. The van der Waals surface area contributed by atoms with Gasteiger partial charge in [-0.2, -0.15) is 0 Å². The minimum Gasteiger partial charge on any atom is -0.497 e. The fourth-order valence-electron chi connectivity index (χ4n) is 11.6. The van der Waals surface area contributed by atoms with Crippen LogP contribution in [0.1, 0.15) is 60.9 Å². The predicted octanol–water partition coefficient (Wildman–Crippen LogP) is 7.91. The lowest BCUT2D eigenvalue weighted by molar-refractivity contribution is -0.151. The van der Waals surface area contributed by atoms with Gasteiger partial charge in [0.25, 0.3) is 5.91 Å². The molecular formula is C55H63BrN4O8Si. The molecule has 0 aliphatic carbocycles. The Bertz CT molecular complexity index is 2700. The van der Waals surface area contributed by atoms with Gasteiger partial charge in [-0.15, -0.1) is 0 Å². The largest absolute Gasteiger partial charge is 0.497 e. The van der Waals surface area contributed by atoms with Gasteiger partial charge in [-0.1, -0.05) is 89.7 Å². The Morgan fingerprint density at radius 3 is 2.32 bits per heavy atom. The standard InChI is InChI=1S/C55H63BrN4O8Si/c1-6-67-44-20-24-48-39(28-44)29-47(57-25-9-10-26-61)53(64)60(48)41-16-13-36(14-17-41)32-59-49-23-15-40(56)30-46(49)55(54(59)65)35(2)52(69(4,5)45-21-18-43(66-3)19-22-45)50(68-55)31-51(63)58-33-38-12-8-7-11-37(38)27-42(58)34-62/h7-8,11-24,28,30,35,42,47,50,52,57,61-62H,6,9-10,25-27,29,31-34H2,1-5H3/t35-,42-,47?,50+,52-,55+/m0/s1. The molecule has 0 radical (unpaired) electrons. The van der Waals surface area contributed by atoms with Crippen LogP contribution in [0.5, 0.6) is 11.5 Å². The number of carbonyl (C=O) groups excluding carboxylic acids is 3. The molecule has 3 amide bonds. The summed E-state index contributed by atoms with van der Waals surface area (Å²) in [7, 11) is -0.923. The number of fused-ring (bicyclic) bond motifs is 4. The van der Waals surface area contributed by atoms with Crippen molar-refractivity contribution >= 4 is 64.0 Å². The van der Waals surface area contributed by atoms with E-state index in [1.165, 1.54) is 5.19 Å². The molecule has 12 nitrogen and oxygen atoms in total. The number of aliphatic hydroxyl groups is 2. The number of hydrogen-bond donors (Lipinski definition) is 3. The minimum absolute atomic E-state index is 0.0599. The average molecular weight is 1020 g/mol. The first-order chi connectivity index (χ1) is 33.3. The van der Waals surface area contributed by atoms with E-state index >= 15 is 4.79 Å². The molecular weight excluding hydrogens is 953 g/mol. The molecule has 5 aromatic carbocycles. The number of carbonyl (C=O) groups is 3. The molecule has 5 aromatic rings. The maximum Gasteiger partial charge on any atom is 0.264 e. The van der Waals surface area contributed by atoms with Crippen LogP contribution < -0.4 is 29.8 Å². The third kappa shape index (κ3) is 9.04. The van der Waals surface area contributed by atoms with E-state index in [2.05, 4.69) is 59.5 Å². The molecule has 0 saturated carbocycles. The Balaban J connectivity index is 1.04. The van der Waals surface area contributed by atoms with Crippen molar-refractivity contribution in [3.05, 3.63) is 141 Å². The van der Waals surface area contributed by atoms with Gasteiger partial charge in [0.1, 0.15) is 11.5 Å². The maximum absolute atomic E-state index is 15.7. The summed E-state index contributed by atoms with van der Waals surface area (Å²) in [4.78, 5) is 50.1. The number of halogens is 1. The van der Waals surface area contributed by atoms with Gasteiger partial charge < -0.3 is 39.5 Å². The van der Waals surface area contributed by atoms with Gasteiger partial charge >= 0.3 is 0 Å². The molecule has 1 saturated heterocycles. The summed E-state index contributed by atoms with van der Waals surface area (Å²) < 4.78 is 19.6. The van der Waals surface area contributed by atoms with Crippen LogP contribution in [0.2, 0.25) is 18.6 Å². The zero-order valence-corrected chi connectivity index (χ0v) is 42.7. The molecule has 0 aromatic heterocycles. The van der Waals surface area contributed by atoms with Crippen LogP contribution in [-0.4, -0.2) is 92.6 Å². The Hall–Kier alpha value is -5.35. The summed E-state index contributed by atoms with van der Waals surface area (Å²) in [5, 5.41) is 24.6. The maximum atomic E-state index is 15.7. The summed E-state index contributed by atoms with van der Waals surface area (Å²) in [6.07, 6.45) is 1.94. The Kier molecular flexibility index (Phi) is 14.2. The zero-order valence-electron chi connectivity index (χ0n) is 40.1. The van der Waals surface area contributed by atoms with Crippen molar-refractivity contribution in [1.29, 1.82) is 0 Å². The van der Waals surface area contributed by atoms with Gasteiger partial charge in [0.15, 0.2) is 5.60 Å². The summed E-state index contributed by atoms with van der Waals surface area (Å²) in [6, 6.07) is 35.1. The van der Waals surface area contributed by atoms with E-state index in [1.54, 1.807) is 16.9 Å². The van der Waals surface area contributed by atoms with Crippen LogP contribution in [-0.2, 0) is 50.7 Å². The fraction of sp³-hybridized carbons (Fsp3) is 0.400. The first-order valence-corrected chi connectivity index (χ1v) is 28.1. The molecule has 1 unspecified atom stereocenters. The SMILES string of the molecule is CCOc1ccc2c(c1)CC(NCCCCO)C(=O)N2c1ccc(CN2C(=O)[C@]3(O[C@H](CC(=O)N4Cc5ccccc5C[C@H]4CO)[C@@H]([Si](C)(C)c4ccc(OC)cc4)[C@@H]3C)c3cc(Br)ccc32)cc1. The molecule has 4 heterocycles. The third-order valence-electron chi connectivity index (χ3n) is 15.1. The first-order valence-electron chi connectivity index (χ1n) is 24.3. The van der Waals surface area contributed by atoms with Crippen LogP contribution in [0.3, 0.4) is 0 Å². The highest BCUT2D eigenvalue weighted by molar-refractivity contribution is 9.10. The van der Waals surface area contributed by atoms with E-state index in [9.17, 15) is 19.8 Å². The number of amides is 3. The average Bonchev–Trinajstić information content (AvgIpc) is 3.78. The minimum atomic E-state index is -2.58. The quantitative estimate of drug-likeness (QED) is 0.0665. The number of rotatable bonds is 16. The van der Waals surface area contributed by atoms with Gasteiger partial charge in [-0.25, -0.2) is 0 Å². The number of unbranched alkanes of at least 4 members (excludes halogenated alkanes) is 1. The van der Waals surface area contributed by atoms with Crippen LogP contribution in [0, 0.1) is 5.92 Å². The number of benzene rings is 5. The number of hydrogen-bond acceptors (Lipinski definition) is 9. The van der Waals surface area contributed by atoms with Crippen molar-refractivity contribution in [3.8, 4) is 11.5 Å². The fourth-order valence-corrected chi connectivity index (χ4v) is 16.0. The van der Waals surface area contributed by atoms with Crippen molar-refractivity contribution in [3.63, 3.8) is 0 Å². The number of nitrogens with one attached hydrogen (secondary N) is 1. The zero-order chi connectivity index (χ0) is 48.6. The molecule has 69 heavy (non-hydrogen) atoms. The predicted molar refractivity (Wildman–Crippen MR) is 274 cm³/mol. The molecule has 4 aliphatic heterocycles. The molecule has 4 aliphatic rings. The van der Waals surface area contributed by atoms with Crippen LogP contribution >= 0.6 is 15.9 Å². The van der Waals surface area contributed by atoms with Crippen molar-refractivity contribution in [2.75, 3.05) is 43.3 Å². The number of anilines is 3. The molecule has 362 valence electrons. The van der Waals surface area contributed by atoms with E-state index in [4.69, 9.17) is 14.2 Å². The molecule has 14 heteroatoms. The Morgan fingerprint density at radius 2 is 1.61 bits per heavy atom. The topological polar surface area (TPSA) is 141 Å². The van der Waals surface area contributed by atoms with Gasteiger partial charge in [0, 0.05) is 34.8 Å². The second kappa shape index (κ2) is 20.2. The highest BCUT2D eigenvalue weighted by atomic mass is 79.9. The Morgan fingerprint density at radius 1 is 0.884 bits per heavy atom. The van der Waals surface area contributed by atoms with E-state index in [-0.39, 0.29) is 61.4 Å². The van der Waals surface area contributed by atoms with Crippen LogP contribution in [0.4, 0.5) is 17.1 Å². The summed E-state index contributed by atoms with van der Waals surface area (Å²) >= 11 is 3.73. The van der Waals surface area contributed by atoms with E-state index < -0.39 is 25.8 Å². The number of nitrogens with zero attached hydrogens (tertiary/aromatic N) is 3. The van der Waals surface area contributed by atoms with Crippen molar-refractivity contribution in [2.45, 2.75) is 101 Å². The van der Waals surface area contributed by atoms with Gasteiger partial charge in [-0.3, -0.25) is 19.3 Å². The van der Waals surface area contributed by atoms with E-state index in [1.807, 2.05) is 103 Å². The van der Waals surface area contributed by atoms with E-state index in [0.29, 0.717) is 44.6 Å². The molecule has 3 N–H and O–H groups in total. The second-order valence-corrected chi connectivity index (χ2v) is 25.1. The van der Waals surface area contributed by atoms with Gasteiger partial charge in [0.2, 0.25) is 11.8 Å². The normalized spacial score (nSPS) is 23.0. The lowest BCUT2D eigenvalue weighted by atomic mass is 9.82. The Labute approximate surface area is 414 Å². The number of aliphatic hydroxyl groups excluding tert-OH is 2. The van der Waals surface area contributed by atoms with Gasteiger partial charge in [-0.05, 0) is 128 Å². The molecule has 1 spiro atoms. The monoisotopic (exact) mass is 1010 g/mol. The molecule has 1 fully saturated rings. The molecule has 9 rings (SSSR count). The highest BCUT2D eigenvalue weighted by Crippen LogP contribution is 2.60. The second-order valence-electron chi connectivity index (χ2n) is 19.4. The molecule has 6 atom stereocenters.